The molecule has 2 aromatic rings. The molecule has 1 amide bonds. The lowest BCUT2D eigenvalue weighted by Crippen LogP contribution is -2.42. The number of carboxylic acid groups (broad SMARTS) is 1. The van der Waals surface area contributed by atoms with E-state index in [1.165, 1.54) is 0 Å². The summed E-state index contributed by atoms with van der Waals surface area (Å²) in [6.07, 6.45) is 0. The molecule has 1 saturated heterocycles. The van der Waals surface area contributed by atoms with Gasteiger partial charge in [-0.05, 0) is 40.8 Å². The second-order valence-corrected chi connectivity index (χ2v) is 10.5. The highest BCUT2D eigenvalue weighted by atomic mass is 16.7. The number of nitrogens with zero attached hydrogens (tertiary/aromatic N) is 2. The predicted octanol–water partition coefficient (Wildman–Crippen LogP) is 3.77. The van der Waals surface area contributed by atoms with Crippen LogP contribution in [0.3, 0.4) is 0 Å². The first kappa shape index (κ1) is 24.9. The third-order valence-corrected chi connectivity index (χ3v) is 6.64. The van der Waals surface area contributed by atoms with Crippen LogP contribution in [0.2, 0.25) is 0 Å². The first-order chi connectivity index (χ1) is 16.6. The third kappa shape index (κ3) is 5.37. The number of likely N-dealkylation sites (tertiary alicyclic amines) is 1. The van der Waals surface area contributed by atoms with Gasteiger partial charge in [0.05, 0.1) is 19.6 Å². The molecule has 0 aliphatic carbocycles. The van der Waals surface area contributed by atoms with Crippen LogP contribution in [-0.2, 0) is 9.59 Å². The lowest BCUT2D eigenvalue weighted by atomic mass is 9.82. The molecule has 2 aliphatic heterocycles. The number of likely N-dealkylation sites (N-methyl/N-ethyl adjacent to an activating group) is 1. The number of methoxy groups -OCH3 is 1. The SMILES string of the molecule is COc1ccc([C@@H]2[C@@H](C(=O)O)[C@@H](c3ccc4c(c3)OCO4)CN2CC(=O)N(C)CC(C)(C)C)cc1. The molecule has 0 radical (unpaired) electrons. The molecule has 0 aromatic heterocycles. The number of aliphatic carboxylic acids is 1. The van der Waals surface area contributed by atoms with Gasteiger partial charge in [-0.25, -0.2) is 0 Å². The molecule has 2 aliphatic rings. The second kappa shape index (κ2) is 9.77. The van der Waals surface area contributed by atoms with E-state index in [0.717, 1.165) is 11.1 Å². The summed E-state index contributed by atoms with van der Waals surface area (Å²) in [5.74, 6) is -0.0357. The maximum atomic E-state index is 13.2. The van der Waals surface area contributed by atoms with Gasteiger partial charge in [0.2, 0.25) is 12.7 Å². The summed E-state index contributed by atoms with van der Waals surface area (Å²) in [6.45, 7) is 7.59. The van der Waals surface area contributed by atoms with Gasteiger partial charge in [-0.2, -0.15) is 0 Å². The van der Waals surface area contributed by atoms with E-state index in [-0.39, 0.29) is 30.6 Å². The maximum Gasteiger partial charge on any atom is 0.309 e. The van der Waals surface area contributed by atoms with Crippen molar-refractivity contribution in [2.75, 3.05) is 40.6 Å². The molecule has 0 bridgehead atoms. The maximum absolute atomic E-state index is 13.2. The number of amides is 1. The molecular weight excluding hydrogens is 448 g/mol. The summed E-state index contributed by atoms with van der Waals surface area (Å²) in [4.78, 5) is 29.6. The quantitative estimate of drug-likeness (QED) is 0.643. The van der Waals surface area contributed by atoms with Crippen LogP contribution >= 0.6 is 0 Å². The van der Waals surface area contributed by atoms with E-state index in [4.69, 9.17) is 14.2 Å². The van der Waals surface area contributed by atoms with E-state index in [0.29, 0.717) is 30.3 Å². The summed E-state index contributed by atoms with van der Waals surface area (Å²) in [5, 5.41) is 10.4. The van der Waals surface area contributed by atoms with Gasteiger partial charge >= 0.3 is 5.97 Å². The van der Waals surface area contributed by atoms with Gasteiger partial charge in [0.15, 0.2) is 11.5 Å². The standard InChI is InChI=1S/C27H34N2O6/c1-27(2,3)15-28(4)23(30)14-29-13-20(18-8-11-21-22(12-18)35-16-34-21)24(26(31)32)25(29)17-6-9-19(33-5)10-7-17/h6-12,20,24-25H,13-16H2,1-5H3,(H,31,32)/t20-,24+,25-/m1/s1. The second-order valence-electron chi connectivity index (χ2n) is 10.5. The molecule has 188 valence electrons. The molecule has 0 unspecified atom stereocenters. The Labute approximate surface area is 206 Å². The fourth-order valence-corrected chi connectivity index (χ4v) is 5.17. The zero-order chi connectivity index (χ0) is 25.3. The highest BCUT2D eigenvalue weighted by molar-refractivity contribution is 5.79. The van der Waals surface area contributed by atoms with Crippen molar-refractivity contribution in [3.05, 3.63) is 53.6 Å². The number of carboxylic acids is 1. The summed E-state index contributed by atoms with van der Waals surface area (Å²) in [5.41, 5.74) is 1.66. The van der Waals surface area contributed by atoms with Gasteiger partial charge in [-0.1, -0.05) is 39.0 Å². The van der Waals surface area contributed by atoms with E-state index in [1.807, 2.05) is 47.4 Å². The number of fused-ring (bicyclic) bond motifs is 1. The molecule has 35 heavy (non-hydrogen) atoms. The van der Waals surface area contributed by atoms with E-state index in [9.17, 15) is 14.7 Å². The van der Waals surface area contributed by atoms with Gasteiger partial charge in [0.1, 0.15) is 5.75 Å². The average molecular weight is 483 g/mol. The van der Waals surface area contributed by atoms with Crippen LogP contribution in [0.4, 0.5) is 0 Å². The van der Waals surface area contributed by atoms with Crippen LogP contribution in [0.15, 0.2) is 42.5 Å². The van der Waals surface area contributed by atoms with Crippen LogP contribution < -0.4 is 14.2 Å². The van der Waals surface area contributed by atoms with Crippen molar-refractivity contribution in [2.24, 2.45) is 11.3 Å². The van der Waals surface area contributed by atoms with Gasteiger partial charge < -0.3 is 24.2 Å². The minimum absolute atomic E-state index is 0.0334. The number of hydrogen-bond acceptors (Lipinski definition) is 6. The Morgan fingerprint density at radius 3 is 2.37 bits per heavy atom. The largest absolute Gasteiger partial charge is 0.497 e. The molecule has 3 atom stereocenters. The van der Waals surface area contributed by atoms with E-state index >= 15 is 0 Å². The Hall–Kier alpha value is -3.26. The van der Waals surface area contributed by atoms with Gasteiger partial charge in [0.25, 0.3) is 0 Å². The van der Waals surface area contributed by atoms with Crippen molar-refractivity contribution >= 4 is 11.9 Å². The van der Waals surface area contributed by atoms with E-state index in [1.54, 1.807) is 19.1 Å². The lowest BCUT2D eigenvalue weighted by Gasteiger charge is -2.31. The molecule has 2 heterocycles. The number of carbonyl (C=O) groups is 2. The number of rotatable bonds is 7. The Morgan fingerprint density at radius 1 is 1.09 bits per heavy atom. The molecule has 8 heteroatoms. The number of hydrogen-bond donors (Lipinski definition) is 1. The summed E-state index contributed by atoms with van der Waals surface area (Å²) in [7, 11) is 3.40. The predicted molar refractivity (Wildman–Crippen MR) is 131 cm³/mol. The first-order valence-corrected chi connectivity index (χ1v) is 11.8. The first-order valence-electron chi connectivity index (χ1n) is 11.8. The summed E-state index contributed by atoms with van der Waals surface area (Å²) >= 11 is 0. The molecule has 8 nitrogen and oxygen atoms in total. The normalized spacial score (nSPS) is 21.7. The van der Waals surface area contributed by atoms with Crippen LogP contribution in [0.5, 0.6) is 17.2 Å². The molecule has 1 fully saturated rings. The van der Waals surface area contributed by atoms with Crippen molar-refractivity contribution in [1.29, 1.82) is 0 Å². The zero-order valence-corrected chi connectivity index (χ0v) is 21.0. The van der Waals surface area contributed by atoms with Crippen molar-refractivity contribution in [3.8, 4) is 17.2 Å². The van der Waals surface area contributed by atoms with Crippen LogP contribution in [0.25, 0.3) is 0 Å². The van der Waals surface area contributed by atoms with Crippen LogP contribution in [-0.4, -0.2) is 67.4 Å². The highest BCUT2D eigenvalue weighted by Crippen LogP contribution is 2.47. The minimum atomic E-state index is -0.897. The molecule has 2 aromatic carbocycles. The molecular formula is C27H34N2O6. The highest BCUT2D eigenvalue weighted by Gasteiger charge is 2.48. The third-order valence-electron chi connectivity index (χ3n) is 6.64. The van der Waals surface area contributed by atoms with Gasteiger partial charge in [-0.3, -0.25) is 14.5 Å². The minimum Gasteiger partial charge on any atom is -0.497 e. The monoisotopic (exact) mass is 482 g/mol. The smallest absolute Gasteiger partial charge is 0.309 e. The fraction of sp³-hybridized carbons (Fsp3) is 0.481. The van der Waals surface area contributed by atoms with Crippen molar-refractivity contribution in [2.45, 2.75) is 32.7 Å². The van der Waals surface area contributed by atoms with Crippen molar-refractivity contribution in [1.82, 2.24) is 9.80 Å². The Morgan fingerprint density at radius 2 is 1.74 bits per heavy atom. The Balaban J connectivity index is 1.69. The van der Waals surface area contributed by atoms with Crippen LogP contribution in [0, 0.1) is 11.3 Å². The molecule has 1 N–H and O–H groups in total. The lowest BCUT2D eigenvalue weighted by molar-refractivity contribution is -0.143. The van der Waals surface area contributed by atoms with Gasteiger partial charge in [0, 0.05) is 32.1 Å². The fourth-order valence-electron chi connectivity index (χ4n) is 5.17. The topological polar surface area (TPSA) is 88.5 Å². The Kier molecular flexibility index (Phi) is 6.94. The average Bonchev–Trinajstić information content (AvgIpc) is 3.42. The molecule has 0 saturated carbocycles. The molecule has 4 rings (SSSR count). The summed E-state index contributed by atoms with van der Waals surface area (Å²) in [6, 6.07) is 12.5. The number of ether oxygens (including phenoxy) is 3. The Bertz CT molecular complexity index is 1080. The van der Waals surface area contributed by atoms with Gasteiger partial charge in [-0.15, -0.1) is 0 Å². The summed E-state index contributed by atoms with van der Waals surface area (Å²) < 4.78 is 16.3. The van der Waals surface area contributed by atoms with E-state index in [2.05, 4.69) is 20.8 Å². The van der Waals surface area contributed by atoms with E-state index < -0.39 is 17.9 Å². The van der Waals surface area contributed by atoms with Crippen molar-refractivity contribution in [3.63, 3.8) is 0 Å². The van der Waals surface area contributed by atoms with Crippen LogP contribution in [0.1, 0.15) is 43.9 Å². The zero-order valence-electron chi connectivity index (χ0n) is 21.0. The molecule has 0 spiro atoms. The van der Waals surface area contributed by atoms with Crippen molar-refractivity contribution < 1.29 is 28.9 Å². The number of benzene rings is 2. The number of carbonyl (C=O) groups excluding carboxylic acids is 1.